The Balaban J connectivity index is 1.74. The first-order chi connectivity index (χ1) is 11.6. The molecule has 0 spiro atoms. The molecule has 0 fully saturated rings. The molecule has 2 aromatic heterocycles. The van der Waals surface area contributed by atoms with Crippen LogP contribution >= 0.6 is 11.8 Å². The van der Waals surface area contributed by atoms with Gasteiger partial charge in [0.25, 0.3) is 5.91 Å². The molecule has 0 atom stereocenters. The molecule has 3 rings (SSSR count). The van der Waals surface area contributed by atoms with E-state index in [0.717, 1.165) is 11.5 Å². The van der Waals surface area contributed by atoms with Gasteiger partial charge < -0.3 is 9.84 Å². The largest absolute Gasteiger partial charge is 0.361 e. The molecule has 1 aromatic carbocycles. The number of carbonyl (C=O) groups is 1. The molecule has 0 bridgehead atoms. The highest BCUT2D eigenvalue weighted by Crippen LogP contribution is 2.25. The van der Waals surface area contributed by atoms with Crippen molar-refractivity contribution in [1.29, 1.82) is 0 Å². The molecule has 0 aliphatic heterocycles. The number of thioether (sulfide) groups is 1. The van der Waals surface area contributed by atoms with Crippen molar-refractivity contribution in [2.24, 2.45) is 0 Å². The van der Waals surface area contributed by atoms with Crippen molar-refractivity contribution >= 4 is 23.4 Å². The molecule has 0 aliphatic rings. The fourth-order valence-corrected chi connectivity index (χ4v) is 2.94. The molecular formula is C17H14FN3O2S. The Morgan fingerprint density at radius 3 is 2.92 bits per heavy atom. The minimum absolute atomic E-state index is 0.340. The molecule has 0 unspecified atom stereocenters. The van der Waals surface area contributed by atoms with Gasteiger partial charge in [0, 0.05) is 23.7 Å². The molecule has 7 heteroatoms. The highest BCUT2D eigenvalue weighted by Gasteiger charge is 2.14. The lowest BCUT2D eigenvalue weighted by molar-refractivity contribution is 0.102. The zero-order valence-corrected chi connectivity index (χ0v) is 13.6. The normalized spacial score (nSPS) is 10.6. The third-order valence-electron chi connectivity index (χ3n) is 3.13. The van der Waals surface area contributed by atoms with Crippen molar-refractivity contribution in [3.63, 3.8) is 0 Å². The molecule has 2 heterocycles. The van der Waals surface area contributed by atoms with E-state index in [1.54, 1.807) is 24.4 Å². The minimum atomic E-state index is -0.407. The van der Waals surface area contributed by atoms with Gasteiger partial charge in [0.2, 0.25) is 0 Å². The number of hydrogen-bond acceptors (Lipinski definition) is 5. The lowest BCUT2D eigenvalue weighted by Crippen LogP contribution is -2.13. The van der Waals surface area contributed by atoms with E-state index in [2.05, 4.69) is 15.5 Å². The first kappa shape index (κ1) is 16.2. The van der Waals surface area contributed by atoms with Gasteiger partial charge in [-0.25, -0.2) is 9.37 Å². The van der Waals surface area contributed by atoms with E-state index >= 15 is 0 Å². The maximum atomic E-state index is 13.2. The van der Waals surface area contributed by atoms with Crippen molar-refractivity contribution < 1.29 is 13.7 Å². The third kappa shape index (κ3) is 3.99. The molecule has 122 valence electrons. The predicted octanol–water partition coefficient (Wildman–Crippen LogP) is 4.06. The van der Waals surface area contributed by atoms with E-state index in [1.165, 1.54) is 30.0 Å². The van der Waals surface area contributed by atoms with Gasteiger partial charge >= 0.3 is 0 Å². The molecule has 1 N–H and O–H groups in total. The number of anilines is 1. The summed E-state index contributed by atoms with van der Waals surface area (Å²) in [5.41, 5.74) is 1.60. The van der Waals surface area contributed by atoms with Gasteiger partial charge in [0.15, 0.2) is 0 Å². The molecule has 0 radical (unpaired) electrons. The van der Waals surface area contributed by atoms with Crippen molar-refractivity contribution in [2.45, 2.75) is 17.7 Å². The second kappa shape index (κ2) is 7.27. The van der Waals surface area contributed by atoms with Crippen LogP contribution in [0.15, 0.2) is 58.2 Å². The molecule has 3 aromatic rings. The number of aryl methyl sites for hydroxylation is 1. The smallest absolute Gasteiger partial charge is 0.258 e. The average molecular weight is 343 g/mol. The van der Waals surface area contributed by atoms with Crippen LogP contribution in [0.25, 0.3) is 0 Å². The first-order valence-corrected chi connectivity index (χ1v) is 8.17. The summed E-state index contributed by atoms with van der Waals surface area (Å²) in [4.78, 5) is 16.7. The number of nitrogens with one attached hydrogen (secondary N) is 1. The topological polar surface area (TPSA) is 68.0 Å². The minimum Gasteiger partial charge on any atom is -0.361 e. The van der Waals surface area contributed by atoms with Gasteiger partial charge in [-0.1, -0.05) is 23.0 Å². The summed E-state index contributed by atoms with van der Waals surface area (Å²) in [6, 6.07) is 10.9. The number of aromatic nitrogens is 2. The quantitative estimate of drug-likeness (QED) is 0.708. The number of amides is 1. The average Bonchev–Trinajstić information content (AvgIpc) is 2.99. The van der Waals surface area contributed by atoms with Gasteiger partial charge in [-0.05, 0) is 37.3 Å². The fourth-order valence-electron chi connectivity index (χ4n) is 2.07. The molecule has 24 heavy (non-hydrogen) atoms. The summed E-state index contributed by atoms with van der Waals surface area (Å²) < 4.78 is 18.2. The molecule has 5 nitrogen and oxygen atoms in total. The lowest BCUT2D eigenvalue weighted by atomic mass is 10.2. The Morgan fingerprint density at radius 2 is 2.17 bits per heavy atom. The second-order valence-corrected chi connectivity index (χ2v) is 6.00. The highest BCUT2D eigenvalue weighted by atomic mass is 32.2. The van der Waals surface area contributed by atoms with E-state index < -0.39 is 5.82 Å². The summed E-state index contributed by atoms with van der Waals surface area (Å²) in [7, 11) is 0. The summed E-state index contributed by atoms with van der Waals surface area (Å²) in [6.45, 7) is 1.82. The van der Waals surface area contributed by atoms with Crippen LogP contribution in [-0.4, -0.2) is 16.0 Å². The zero-order chi connectivity index (χ0) is 16.9. The van der Waals surface area contributed by atoms with Crippen LogP contribution in [0.5, 0.6) is 0 Å². The van der Waals surface area contributed by atoms with Crippen molar-refractivity contribution in [3.05, 3.63) is 71.5 Å². The van der Waals surface area contributed by atoms with Crippen molar-refractivity contribution in [2.75, 3.05) is 5.32 Å². The molecule has 1 amide bonds. The number of rotatable bonds is 5. The summed E-state index contributed by atoms with van der Waals surface area (Å²) in [6.07, 6.45) is 1.62. The Bertz CT molecular complexity index is 866. The monoisotopic (exact) mass is 343 g/mol. The van der Waals surface area contributed by atoms with E-state index in [9.17, 15) is 9.18 Å². The van der Waals surface area contributed by atoms with Gasteiger partial charge in [0.1, 0.15) is 16.6 Å². The standard InChI is InChI=1S/C17H14FN3O2S/c1-11-8-14(21-23-11)10-24-17-15(6-3-7-19-17)16(22)20-13-5-2-4-12(18)9-13/h2-9H,10H2,1H3,(H,20,22). The second-order valence-electron chi connectivity index (χ2n) is 5.04. The number of nitrogens with zero attached hydrogens (tertiary/aromatic N) is 2. The summed E-state index contributed by atoms with van der Waals surface area (Å²) >= 11 is 1.39. The maximum Gasteiger partial charge on any atom is 0.258 e. The van der Waals surface area contributed by atoms with Crippen LogP contribution in [0.4, 0.5) is 10.1 Å². The third-order valence-corrected chi connectivity index (χ3v) is 4.17. The van der Waals surface area contributed by atoms with Crippen LogP contribution in [-0.2, 0) is 5.75 Å². The van der Waals surface area contributed by atoms with Crippen LogP contribution in [0.2, 0.25) is 0 Å². The summed E-state index contributed by atoms with van der Waals surface area (Å²) in [5.74, 6) is 0.521. The Morgan fingerprint density at radius 1 is 1.29 bits per heavy atom. The van der Waals surface area contributed by atoms with Crippen LogP contribution in [0.3, 0.4) is 0 Å². The zero-order valence-electron chi connectivity index (χ0n) is 12.8. The summed E-state index contributed by atoms with van der Waals surface area (Å²) in [5, 5.41) is 7.17. The number of pyridine rings is 1. The fraction of sp³-hybridized carbons (Fsp3) is 0.118. The molecule has 0 saturated heterocycles. The van der Waals surface area contributed by atoms with Crippen LogP contribution < -0.4 is 5.32 Å². The van der Waals surface area contributed by atoms with E-state index in [-0.39, 0.29) is 5.91 Å². The molecule has 0 saturated carbocycles. The predicted molar refractivity (Wildman–Crippen MR) is 89.4 cm³/mol. The Hall–Kier alpha value is -2.67. The number of hydrogen-bond donors (Lipinski definition) is 1. The highest BCUT2D eigenvalue weighted by molar-refractivity contribution is 7.98. The van der Waals surface area contributed by atoms with Crippen molar-refractivity contribution in [1.82, 2.24) is 10.1 Å². The number of halogens is 1. The van der Waals surface area contributed by atoms with E-state index in [1.807, 2.05) is 13.0 Å². The molecule has 0 aliphatic carbocycles. The molecular weight excluding hydrogens is 329 g/mol. The van der Waals surface area contributed by atoms with Gasteiger partial charge in [-0.2, -0.15) is 0 Å². The number of carbonyl (C=O) groups excluding carboxylic acids is 1. The van der Waals surface area contributed by atoms with E-state index in [0.29, 0.717) is 22.0 Å². The Labute approximate surface area is 142 Å². The SMILES string of the molecule is Cc1cc(CSc2ncccc2C(=O)Nc2cccc(F)c2)no1. The maximum absolute atomic E-state index is 13.2. The van der Waals surface area contributed by atoms with Crippen molar-refractivity contribution in [3.8, 4) is 0 Å². The van der Waals surface area contributed by atoms with Crippen LogP contribution in [0, 0.1) is 12.7 Å². The number of benzene rings is 1. The first-order valence-electron chi connectivity index (χ1n) is 7.19. The lowest BCUT2D eigenvalue weighted by Gasteiger charge is -2.08. The van der Waals surface area contributed by atoms with Crippen LogP contribution in [0.1, 0.15) is 21.8 Å². The Kier molecular flexibility index (Phi) is 4.90. The van der Waals surface area contributed by atoms with Gasteiger partial charge in [-0.3, -0.25) is 4.79 Å². The van der Waals surface area contributed by atoms with Gasteiger partial charge in [-0.15, -0.1) is 0 Å². The van der Waals surface area contributed by atoms with Gasteiger partial charge in [0.05, 0.1) is 11.3 Å². The van der Waals surface area contributed by atoms with E-state index in [4.69, 9.17) is 4.52 Å².